The van der Waals surface area contributed by atoms with Crippen LogP contribution in [-0.2, 0) is 4.74 Å². The predicted molar refractivity (Wildman–Crippen MR) is 97.2 cm³/mol. The van der Waals surface area contributed by atoms with E-state index in [2.05, 4.69) is 15.3 Å². The Bertz CT molecular complexity index is 826. The zero-order chi connectivity index (χ0) is 18.9. The Morgan fingerprint density at radius 1 is 1.46 bits per heavy atom. The highest BCUT2D eigenvalue weighted by molar-refractivity contribution is 5.80. The van der Waals surface area contributed by atoms with Gasteiger partial charge in [-0.1, -0.05) is 0 Å². The molecular weight excluding hydrogens is 338 g/mol. The van der Waals surface area contributed by atoms with Crippen LogP contribution in [0.2, 0.25) is 0 Å². The van der Waals surface area contributed by atoms with Crippen LogP contribution in [0.3, 0.4) is 0 Å². The van der Waals surface area contributed by atoms with E-state index in [9.17, 15) is 14.9 Å². The molecule has 0 radical (unpaired) electrons. The molecule has 1 aliphatic rings. The van der Waals surface area contributed by atoms with E-state index in [-0.39, 0.29) is 17.8 Å². The molecule has 2 heterocycles. The first-order valence-electron chi connectivity index (χ1n) is 8.60. The summed E-state index contributed by atoms with van der Waals surface area (Å²) in [6.45, 7) is 6.72. The van der Waals surface area contributed by atoms with E-state index in [1.54, 1.807) is 11.0 Å². The van der Waals surface area contributed by atoms with Crippen LogP contribution >= 0.6 is 0 Å². The van der Waals surface area contributed by atoms with Crippen molar-refractivity contribution < 1.29 is 14.5 Å². The minimum absolute atomic E-state index is 0.0152. The highest BCUT2D eigenvalue weighted by Crippen LogP contribution is 2.22. The molecule has 0 saturated carbocycles. The molecule has 1 aliphatic heterocycles. The number of aromatic amines is 1. The van der Waals surface area contributed by atoms with Gasteiger partial charge in [-0.2, -0.15) is 0 Å². The van der Waals surface area contributed by atoms with Crippen molar-refractivity contribution >= 4 is 28.8 Å². The number of imidazole rings is 1. The fraction of sp³-hybridized carbons (Fsp3) is 0.529. The molecule has 1 aromatic heterocycles. The number of nitrogens with zero attached hydrogens (tertiary/aromatic N) is 3. The zero-order valence-electron chi connectivity index (χ0n) is 15.1. The topological polar surface area (TPSA) is 113 Å². The Kier molecular flexibility index (Phi) is 4.71. The Morgan fingerprint density at radius 2 is 2.23 bits per heavy atom. The summed E-state index contributed by atoms with van der Waals surface area (Å²) in [6.07, 6.45) is 1.45. The zero-order valence-corrected chi connectivity index (χ0v) is 15.1. The number of carbonyl (C=O) groups excluding carboxylic acids is 1. The summed E-state index contributed by atoms with van der Waals surface area (Å²) in [7, 11) is 0. The molecule has 1 aromatic carbocycles. The monoisotopic (exact) mass is 361 g/mol. The number of piperidine rings is 1. The lowest BCUT2D eigenvalue weighted by Gasteiger charge is -2.34. The maximum atomic E-state index is 12.2. The second kappa shape index (κ2) is 6.81. The number of nitro groups is 1. The standard InChI is InChI=1S/C17H23N5O4/c1-17(2,3)26-16(23)21-8-4-5-11(10-21)18-15-19-13-7-6-12(22(24)25)9-14(13)20-15/h6-7,9,11H,4-5,8,10H2,1-3H3,(H2,18,19,20). The van der Waals surface area contributed by atoms with E-state index in [1.807, 2.05) is 20.8 Å². The van der Waals surface area contributed by atoms with Crippen molar-refractivity contribution in [3.63, 3.8) is 0 Å². The van der Waals surface area contributed by atoms with Gasteiger partial charge in [-0.05, 0) is 39.7 Å². The second-order valence-corrected chi connectivity index (χ2v) is 7.45. The lowest BCUT2D eigenvalue weighted by atomic mass is 10.1. The van der Waals surface area contributed by atoms with E-state index in [4.69, 9.17) is 4.74 Å². The first kappa shape index (κ1) is 18.0. The molecular formula is C17H23N5O4. The number of hydrogen-bond donors (Lipinski definition) is 2. The lowest BCUT2D eigenvalue weighted by Crippen LogP contribution is -2.47. The third-order valence-corrected chi connectivity index (χ3v) is 4.09. The first-order chi connectivity index (χ1) is 12.2. The summed E-state index contributed by atoms with van der Waals surface area (Å²) >= 11 is 0. The van der Waals surface area contributed by atoms with Crippen LogP contribution in [0.1, 0.15) is 33.6 Å². The molecule has 26 heavy (non-hydrogen) atoms. The average molecular weight is 361 g/mol. The molecule has 2 aromatic rings. The summed E-state index contributed by atoms with van der Waals surface area (Å²) in [4.78, 5) is 31.8. The van der Waals surface area contributed by atoms with E-state index in [0.717, 1.165) is 12.8 Å². The molecule has 140 valence electrons. The predicted octanol–water partition coefficient (Wildman–Crippen LogP) is 3.28. The fourth-order valence-electron chi connectivity index (χ4n) is 2.96. The average Bonchev–Trinajstić information content (AvgIpc) is 2.94. The number of fused-ring (bicyclic) bond motifs is 1. The SMILES string of the molecule is CC(C)(C)OC(=O)N1CCCC(Nc2nc3ccc([N+](=O)[O-])cc3[nH]2)C1. The van der Waals surface area contributed by atoms with Gasteiger partial charge in [0.2, 0.25) is 5.95 Å². The minimum atomic E-state index is -0.523. The van der Waals surface area contributed by atoms with Crippen LogP contribution in [0.25, 0.3) is 11.0 Å². The smallest absolute Gasteiger partial charge is 0.410 e. The van der Waals surface area contributed by atoms with Crippen LogP contribution in [-0.4, -0.2) is 50.6 Å². The lowest BCUT2D eigenvalue weighted by molar-refractivity contribution is -0.384. The van der Waals surface area contributed by atoms with Crippen molar-refractivity contribution in [3.8, 4) is 0 Å². The van der Waals surface area contributed by atoms with Gasteiger partial charge in [0.05, 0.1) is 16.0 Å². The van der Waals surface area contributed by atoms with Gasteiger partial charge in [0.25, 0.3) is 5.69 Å². The Morgan fingerprint density at radius 3 is 2.92 bits per heavy atom. The third kappa shape index (κ3) is 4.22. The van der Waals surface area contributed by atoms with Crippen LogP contribution in [0.4, 0.5) is 16.4 Å². The number of amides is 1. The van der Waals surface area contributed by atoms with E-state index in [1.165, 1.54) is 12.1 Å². The highest BCUT2D eigenvalue weighted by atomic mass is 16.6. The minimum Gasteiger partial charge on any atom is -0.444 e. The maximum Gasteiger partial charge on any atom is 0.410 e. The van der Waals surface area contributed by atoms with Gasteiger partial charge in [0.1, 0.15) is 5.60 Å². The van der Waals surface area contributed by atoms with Crippen molar-refractivity contribution in [2.24, 2.45) is 0 Å². The molecule has 1 unspecified atom stereocenters. The number of rotatable bonds is 3. The molecule has 0 spiro atoms. The van der Waals surface area contributed by atoms with E-state index < -0.39 is 10.5 Å². The van der Waals surface area contributed by atoms with E-state index >= 15 is 0 Å². The third-order valence-electron chi connectivity index (χ3n) is 4.09. The summed E-state index contributed by atoms with van der Waals surface area (Å²) in [6, 6.07) is 4.54. The quantitative estimate of drug-likeness (QED) is 0.640. The second-order valence-electron chi connectivity index (χ2n) is 7.45. The largest absolute Gasteiger partial charge is 0.444 e. The molecule has 1 fully saturated rings. The molecule has 3 rings (SSSR count). The Balaban J connectivity index is 1.67. The number of aromatic nitrogens is 2. The van der Waals surface area contributed by atoms with E-state index in [0.29, 0.717) is 30.1 Å². The van der Waals surface area contributed by atoms with Crippen LogP contribution in [0, 0.1) is 10.1 Å². The number of carbonyl (C=O) groups is 1. The molecule has 1 saturated heterocycles. The summed E-state index contributed by atoms with van der Waals surface area (Å²) in [5.41, 5.74) is 0.742. The van der Waals surface area contributed by atoms with Gasteiger partial charge in [-0.3, -0.25) is 10.1 Å². The maximum absolute atomic E-state index is 12.2. The van der Waals surface area contributed by atoms with Gasteiger partial charge < -0.3 is 19.9 Å². The van der Waals surface area contributed by atoms with Gasteiger partial charge >= 0.3 is 6.09 Å². The van der Waals surface area contributed by atoms with Crippen LogP contribution in [0.15, 0.2) is 18.2 Å². The summed E-state index contributed by atoms with van der Waals surface area (Å²) < 4.78 is 5.43. The van der Waals surface area contributed by atoms with Crippen molar-refractivity contribution in [3.05, 3.63) is 28.3 Å². The molecule has 9 nitrogen and oxygen atoms in total. The van der Waals surface area contributed by atoms with Crippen molar-refractivity contribution in [1.82, 2.24) is 14.9 Å². The van der Waals surface area contributed by atoms with Crippen molar-refractivity contribution in [2.45, 2.75) is 45.3 Å². The number of non-ortho nitro benzene ring substituents is 1. The first-order valence-corrected chi connectivity index (χ1v) is 8.60. The Labute approximate surface area is 150 Å². The number of ether oxygens (including phenoxy) is 1. The number of hydrogen-bond acceptors (Lipinski definition) is 6. The van der Waals surface area contributed by atoms with Crippen molar-refractivity contribution in [1.29, 1.82) is 0 Å². The van der Waals surface area contributed by atoms with Crippen molar-refractivity contribution in [2.75, 3.05) is 18.4 Å². The molecule has 1 atom stereocenters. The summed E-state index contributed by atoms with van der Waals surface area (Å²) in [5, 5.41) is 14.2. The molecule has 0 aliphatic carbocycles. The number of likely N-dealkylation sites (tertiary alicyclic amines) is 1. The fourth-order valence-corrected chi connectivity index (χ4v) is 2.96. The normalized spacial score (nSPS) is 18.0. The number of H-pyrrole nitrogens is 1. The van der Waals surface area contributed by atoms with Crippen LogP contribution < -0.4 is 5.32 Å². The molecule has 1 amide bonds. The highest BCUT2D eigenvalue weighted by Gasteiger charge is 2.28. The van der Waals surface area contributed by atoms with Gasteiger partial charge in [0.15, 0.2) is 0 Å². The summed E-state index contributed by atoms with van der Waals surface area (Å²) in [5.74, 6) is 0.538. The number of nitro benzene ring substituents is 1. The molecule has 9 heteroatoms. The number of nitrogens with one attached hydrogen (secondary N) is 2. The number of benzene rings is 1. The Hall–Kier alpha value is -2.84. The van der Waals surface area contributed by atoms with Crippen LogP contribution in [0.5, 0.6) is 0 Å². The van der Waals surface area contributed by atoms with Gasteiger partial charge in [-0.15, -0.1) is 0 Å². The molecule has 0 bridgehead atoms. The number of anilines is 1. The molecule has 2 N–H and O–H groups in total. The van der Waals surface area contributed by atoms with Gasteiger partial charge in [0, 0.05) is 31.3 Å². The van der Waals surface area contributed by atoms with Gasteiger partial charge in [-0.25, -0.2) is 9.78 Å².